The van der Waals surface area contributed by atoms with Gasteiger partial charge in [-0.25, -0.2) is 0 Å². The standard InChI is InChI=1S/C25H29.C22H23.C2H7Si.2ClH.Zr/c1-25(2,3)22-14-12-19(13-15-22)23-11-7-10-20-16-21(17-24(20)23)18-8-5-4-6-9-18;1-16-14-20-8-5-9-21(22(20)15-16)19-12-10-18(11-13-19)17-6-3-2-4-7-17;1-3-2;;;/h7,10-18H,4-6,8-9H2,1-3H3;5,8-15,17H,2-4,6-7H2,1H3;3H,1-2H3;2*1H;/q;;;;;+2/p-2. The Hall–Kier alpha value is -1.96. The first kappa shape index (κ1) is 37.9. The molecule has 0 spiro atoms. The SMILES string of the molecule is CC1=Cc2c(-c3ccc(C4CCCCC4)cc3)cccc2[CH]1[Zr]([Cl])([Cl])([CH]1C(C2CCCCC2)=Cc2c(-c3ccc(C(C)(C)C)cc3)cccc21)[SiH](C)C. The molecule has 2 fully saturated rings. The van der Waals surface area contributed by atoms with Crippen LogP contribution in [0.15, 0.2) is 96.1 Å². The van der Waals surface area contributed by atoms with Crippen molar-refractivity contribution in [1.82, 2.24) is 0 Å². The maximum atomic E-state index is 8.84. The van der Waals surface area contributed by atoms with Crippen molar-refractivity contribution in [2.24, 2.45) is 5.92 Å². The van der Waals surface area contributed by atoms with Crippen molar-refractivity contribution >= 4 is 35.1 Å². The van der Waals surface area contributed by atoms with Crippen molar-refractivity contribution in [3.8, 4) is 22.3 Å². The molecular formula is C49H59Cl2SiZr. The van der Waals surface area contributed by atoms with Gasteiger partial charge in [0.05, 0.1) is 0 Å². The molecule has 2 saturated carbocycles. The summed E-state index contributed by atoms with van der Waals surface area (Å²) in [6, 6.07) is 33.0. The summed E-state index contributed by atoms with van der Waals surface area (Å²) < 4.78 is 0.247. The summed E-state index contributed by atoms with van der Waals surface area (Å²) in [5.74, 6) is -0.374. The van der Waals surface area contributed by atoms with Gasteiger partial charge in [-0.15, -0.1) is 0 Å². The van der Waals surface area contributed by atoms with Gasteiger partial charge >= 0.3 is 332 Å². The zero-order valence-corrected chi connectivity index (χ0v) is 38.1. The summed E-state index contributed by atoms with van der Waals surface area (Å²) in [7, 11) is 17.7. The third-order valence-electron chi connectivity index (χ3n) is 14.0. The van der Waals surface area contributed by atoms with Gasteiger partial charge in [-0.1, -0.05) is 0 Å². The van der Waals surface area contributed by atoms with Gasteiger partial charge in [0, 0.05) is 0 Å². The first-order valence-electron chi connectivity index (χ1n) is 20.8. The molecule has 2 unspecified atom stereocenters. The van der Waals surface area contributed by atoms with Crippen LogP contribution < -0.4 is 0 Å². The molecule has 8 rings (SSSR count). The maximum absolute atomic E-state index is 8.84. The van der Waals surface area contributed by atoms with Crippen LogP contribution in [0.25, 0.3) is 34.4 Å². The number of hydrogen-bond acceptors (Lipinski definition) is 0. The molecule has 0 aromatic heterocycles. The molecule has 0 amide bonds. The molecule has 0 saturated heterocycles. The van der Waals surface area contributed by atoms with E-state index in [4.69, 9.17) is 17.0 Å². The molecule has 0 N–H and O–H groups in total. The zero-order chi connectivity index (χ0) is 37.1. The van der Waals surface area contributed by atoms with Gasteiger partial charge in [-0.05, 0) is 0 Å². The van der Waals surface area contributed by atoms with Crippen LogP contribution in [-0.4, -0.2) is 5.92 Å². The molecule has 277 valence electrons. The Morgan fingerprint density at radius 1 is 0.585 bits per heavy atom. The molecule has 0 bridgehead atoms. The number of hydrogen-bond donors (Lipinski definition) is 0. The first-order chi connectivity index (χ1) is 25.4. The second-order valence-electron chi connectivity index (χ2n) is 18.5. The van der Waals surface area contributed by atoms with E-state index in [0.29, 0.717) is 11.8 Å². The van der Waals surface area contributed by atoms with Crippen molar-refractivity contribution in [2.75, 3.05) is 0 Å². The van der Waals surface area contributed by atoms with Crippen molar-refractivity contribution in [3.63, 3.8) is 0 Å². The van der Waals surface area contributed by atoms with Gasteiger partial charge in [-0.2, -0.15) is 0 Å². The van der Waals surface area contributed by atoms with E-state index in [9.17, 15) is 0 Å². The average Bonchev–Trinajstić information content (AvgIpc) is 3.74. The van der Waals surface area contributed by atoms with E-state index < -0.39 is 21.5 Å². The average molecular weight is 838 g/mol. The van der Waals surface area contributed by atoms with E-state index in [-0.39, 0.29) is 12.7 Å². The van der Waals surface area contributed by atoms with E-state index in [0.717, 1.165) is 0 Å². The Labute approximate surface area is 329 Å². The van der Waals surface area contributed by atoms with E-state index in [1.807, 2.05) is 0 Å². The van der Waals surface area contributed by atoms with Gasteiger partial charge in [0.2, 0.25) is 0 Å². The predicted molar refractivity (Wildman–Crippen MR) is 233 cm³/mol. The Balaban J connectivity index is 1.25. The van der Waals surface area contributed by atoms with Gasteiger partial charge in [0.15, 0.2) is 0 Å². The van der Waals surface area contributed by atoms with Crippen LogP contribution in [0.5, 0.6) is 0 Å². The topological polar surface area (TPSA) is 0 Å². The van der Waals surface area contributed by atoms with Crippen LogP contribution in [0.3, 0.4) is 0 Å². The fraction of sp³-hybridized carbons (Fsp3) is 0.429. The summed E-state index contributed by atoms with van der Waals surface area (Å²) in [5.41, 5.74) is 16.7. The van der Waals surface area contributed by atoms with Gasteiger partial charge in [0.1, 0.15) is 0 Å². The summed E-state index contributed by atoms with van der Waals surface area (Å²) in [6.45, 7) is 14.2. The van der Waals surface area contributed by atoms with Crippen LogP contribution in [-0.2, 0) is 21.0 Å². The molecule has 4 heteroatoms. The third-order valence-corrected chi connectivity index (χ3v) is 66.0. The van der Waals surface area contributed by atoms with Gasteiger partial charge < -0.3 is 0 Å². The van der Waals surface area contributed by atoms with Gasteiger partial charge in [-0.3, -0.25) is 0 Å². The predicted octanol–water partition coefficient (Wildman–Crippen LogP) is 15.5. The van der Waals surface area contributed by atoms with Crippen LogP contribution in [0, 0.1) is 5.92 Å². The Morgan fingerprint density at radius 2 is 1.08 bits per heavy atom. The quantitative estimate of drug-likeness (QED) is 0.163. The molecule has 0 nitrogen and oxygen atoms in total. The molecule has 0 aliphatic heterocycles. The zero-order valence-electron chi connectivity index (χ0n) is 33.0. The number of allylic oxidation sites excluding steroid dienone is 2. The van der Waals surface area contributed by atoms with Gasteiger partial charge in [0.25, 0.3) is 0 Å². The van der Waals surface area contributed by atoms with Crippen molar-refractivity contribution in [1.29, 1.82) is 0 Å². The van der Waals surface area contributed by atoms with E-state index in [1.165, 1.54) is 125 Å². The number of halogens is 2. The number of fused-ring (bicyclic) bond motifs is 2. The minimum atomic E-state index is -4.87. The molecule has 0 heterocycles. The molecule has 2 atom stereocenters. The summed E-state index contributed by atoms with van der Waals surface area (Å²) in [5, 5.41) is 0. The Morgan fingerprint density at radius 3 is 1.60 bits per heavy atom. The first-order valence-corrected chi connectivity index (χ1v) is 37.1. The van der Waals surface area contributed by atoms with E-state index in [2.05, 4.69) is 138 Å². The molecule has 0 radical (unpaired) electrons. The Bertz CT molecular complexity index is 2050. The number of rotatable bonds is 7. The minimum absolute atomic E-state index is 0.112. The Kier molecular flexibility index (Phi) is 10.4. The molecule has 53 heavy (non-hydrogen) atoms. The summed E-state index contributed by atoms with van der Waals surface area (Å²) in [4.78, 5) is 0. The fourth-order valence-corrected chi connectivity index (χ4v) is 42.9. The monoisotopic (exact) mass is 835 g/mol. The van der Waals surface area contributed by atoms with Crippen molar-refractivity contribution in [2.45, 2.75) is 124 Å². The molecule has 4 aromatic rings. The second kappa shape index (κ2) is 14.5. The van der Waals surface area contributed by atoms with E-state index >= 15 is 0 Å². The van der Waals surface area contributed by atoms with Crippen LogP contribution in [0.1, 0.15) is 138 Å². The normalized spacial score (nSPS) is 21.9. The fourth-order valence-electron chi connectivity index (χ4n) is 11.0. The summed E-state index contributed by atoms with van der Waals surface area (Å²) in [6.07, 6.45) is 18.3. The second-order valence-corrected chi connectivity index (χ2v) is 61.0. The third kappa shape index (κ3) is 6.62. The molecule has 4 aliphatic carbocycles. The van der Waals surface area contributed by atoms with E-state index in [1.54, 1.807) is 5.57 Å². The number of benzene rings is 4. The molecular weight excluding hydrogens is 779 g/mol. The van der Waals surface area contributed by atoms with Crippen LogP contribution in [0.4, 0.5) is 0 Å². The van der Waals surface area contributed by atoms with Crippen molar-refractivity contribution in [3.05, 3.63) is 129 Å². The molecule has 4 aromatic carbocycles. The van der Waals surface area contributed by atoms with Crippen molar-refractivity contribution < 1.29 is 15.6 Å². The van der Waals surface area contributed by atoms with Crippen LogP contribution >= 0.6 is 17.0 Å². The van der Waals surface area contributed by atoms with Crippen LogP contribution in [0.2, 0.25) is 13.1 Å². The molecule has 4 aliphatic rings. The summed E-state index contributed by atoms with van der Waals surface area (Å²) >= 11 is -4.87.